The van der Waals surface area contributed by atoms with Crippen LogP contribution in [0.25, 0.3) is 0 Å². The summed E-state index contributed by atoms with van der Waals surface area (Å²) in [6.07, 6.45) is 8.36. The van der Waals surface area contributed by atoms with Gasteiger partial charge in [0.25, 0.3) is 0 Å². The first-order valence-corrected chi connectivity index (χ1v) is 17.7. The number of carbonyl (C=O) groups is 2. The number of Topliss-reactive ketones (excluding diaryl/α,β-unsaturated/α-hetero) is 1. The number of allylic oxidation sites excluding steroid dienone is 2. The fourth-order valence-electron chi connectivity index (χ4n) is 5.47. The van der Waals surface area contributed by atoms with Gasteiger partial charge in [-0.05, 0) is 42.1 Å². The maximum absolute atomic E-state index is 11.6. The third-order valence-electron chi connectivity index (χ3n) is 7.06. The zero-order valence-corrected chi connectivity index (χ0v) is 24.8. The van der Waals surface area contributed by atoms with Crippen molar-refractivity contribution < 1.29 is 14.3 Å². The number of fused-ring (bicyclic) bond motifs is 1. The van der Waals surface area contributed by atoms with Crippen molar-refractivity contribution in [3.05, 3.63) is 83.9 Å². The Balaban J connectivity index is 0.000000173. The summed E-state index contributed by atoms with van der Waals surface area (Å²) in [6, 6.07) is 21.1. The molecule has 6 heteroatoms. The van der Waals surface area contributed by atoms with Crippen molar-refractivity contribution in [2.75, 3.05) is 33.1 Å². The number of nitrogens with zero attached hydrogens (tertiary/aromatic N) is 2. The smallest absolute Gasteiger partial charge is 0.155 e. The average Bonchev–Trinajstić information content (AvgIpc) is 3.60. The summed E-state index contributed by atoms with van der Waals surface area (Å²) >= 11 is 0. The lowest BCUT2D eigenvalue weighted by atomic mass is 10.0. The molecular formula is C32H46N2O3Si. The molecule has 2 aromatic carbocycles. The minimum atomic E-state index is -1.07. The molecule has 0 bridgehead atoms. The van der Waals surface area contributed by atoms with E-state index in [9.17, 15) is 9.59 Å². The van der Waals surface area contributed by atoms with Crippen LogP contribution < -0.4 is 0 Å². The maximum atomic E-state index is 11.6. The van der Waals surface area contributed by atoms with Crippen LogP contribution in [0.4, 0.5) is 0 Å². The molecule has 5 nitrogen and oxygen atoms in total. The van der Waals surface area contributed by atoms with Crippen LogP contribution in [0.15, 0.2) is 72.8 Å². The zero-order valence-electron chi connectivity index (χ0n) is 23.8. The minimum Gasteiger partial charge on any atom is -0.369 e. The largest absolute Gasteiger partial charge is 0.369 e. The van der Waals surface area contributed by atoms with Gasteiger partial charge in [0, 0.05) is 52.0 Å². The highest BCUT2D eigenvalue weighted by Gasteiger charge is 2.41. The van der Waals surface area contributed by atoms with Gasteiger partial charge in [-0.2, -0.15) is 0 Å². The van der Waals surface area contributed by atoms with E-state index in [0.29, 0.717) is 17.6 Å². The number of methoxy groups -OCH3 is 1. The van der Waals surface area contributed by atoms with Crippen LogP contribution in [-0.2, 0) is 27.4 Å². The van der Waals surface area contributed by atoms with Gasteiger partial charge in [0.05, 0.1) is 14.8 Å². The summed E-state index contributed by atoms with van der Waals surface area (Å²) in [4.78, 5) is 26.6. The standard InChI is InChI=1S/C14H17NO.C13H23NOSi.C5H6O/c16-14-7-6-12-9-15(10-13(12)14)8-11-4-2-1-3-5-11;1-15-11-14(12-16(2,3)4)10-13-8-6-5-7-9-13;6-5-3-1-2-4-5/h1-5,12-13H,6-10H2;5-9H,10-12H2,1-4H3;1,3H,2,4H2/t12-,13+;;/m0../s1. The Morgan fingerprint density at radius 2 is 1.58 bits per heavy atom. The first-order valence-electron chi connectivity index (χ1n) is 14.0. The first kappa shape index (κ1) is 30.2. The van der Waals surface area contributed by atoms with Crippen molar-refractivity contribution in [3.63, 3.8) is 0 Å². The van der Waals surface area contributed by atoms with Crippen LogP contribution in [0.1, 0.15) is 36.8 Å². The number of ketones is 2. The zero-order chi connectivity index (χ0) is 27.4. The van der Waals surface area contributed by atoms with Crippen LogP contribution >= 0.6 is 0 Å². The molecular weight excluding hydrogens is 488 g/mol. The van der Waals surface area contributed by atoms with Gasteiger partial charge in [0.1, 0.15) is 5.78 Å². The monoisotopic (exact) mass is 534 g/mol. The van der Waals surface area contributed by atoms with Crippen LogP contribution in [0, 0.1) is 11.8 Å². The molecule has 0 aromatic heterocycles. The fourth-order valence-corrected chi connectivity index (χ4v) is 7.01. The predicted molar refractivity (Wildman–Crippen MR) is 158 cm³/mol. The lowest BCUT2D eigenvalue weighted by molar-refractivity contribution is -0.120. The Hall–Kier alpha value is -2.38. The maximum Gasteiger partial charge on any atom is 0.155 e. The Kier molecular flexibility index (Phi) is 12.1. The molecule has 1 saturated heterocycles. The molecule has 1 aliphatic heterocycles. The number of hydrogen-bond donors (Lipinski definition) is 0. The molecule has 0 amide bonds. The molecule has 2 aromatic rings. The molecule has 206 valence electrons. The predicted octanol–water partition coefficient (Wildman–Crippen LogP) is 5.97. The highest BCUT2D eigenvalue weighted by atomic mass is 28.3. The second-order valence-electron chi connectivity index (χ2n) is 11.9. The van der Waals surface area contributed by atoms with Crippen molar-refractivity contribution in [1.29, 1.82) is 0 Å². The van der Waals surface area contributed by atoms with Gasteiger partial charge >= 0.3 is 0 Å². The molecule has 0 spiro atoms. The number of likely N-dealkylation sites (tertiary alicyclic amines) is 1. The third kappa shape index (κ3) is 10.8. The van der Waals surface area contributed by atoms with Crippen molar-refractivity contribution >= 4 is 19.6 Å². The number of rotatable bonds is 8. The lowest BCUT2D eigenvalue weighted by Gasteiger charge is -2.28. The molecule has 0 N–H and O–H groups in total. The van der Waals surface area contributed by atoms with Gasteiger partial charge in [0.2, 0.25) is 0 Å². The SMILES string of the molecule is COCN(Cc1ccccc1)C[Si](C)(C)C.O=C1C=CCC1.O=C1CC[C@H]2CN(Cc3ccccc3)C[C@@H]12. The number of hydrogen-bond acceptors (Lipinski definition) is 5. The quantitative estimate of drug-likeness (QED) is 0.308. The molecule has 2 atom stereocenters. The van der Waals surface area contributed by atoms with Gasteiger partial charge in [-0.1, -0.05) is 86.4 Å². The molecule has 1 saturated carbocycles. The summed E-state index contributed by atoms with van der Waals surface area (Å²) in [5.74, 6) is 1.77. The van der Waals surface area contributed by atoms with E-state index in [1.54, 1.807) is 13.2 Å². The summed E-state index contributed by atoms with van der Waals surface area (Å²) in [6.45, 7) is 12.0. The third-order valence-corrected chi connectivity index (χ3v) is 8.46. The second kappa shape index (κ2) is 15.3. The molecule has 2 aliphatic carbocycles. The van der Waals surface area contributed by atoms with E-state index in [-0.39, 0.29) is 5.78 Å². The lowest BCUT2D eigenvalue weighted by Crippen LogP contribution is -2.40. The second-order valence-corrected chi connectivity index (χ2v) is 17.3. The van der Waals surface area contributed by atoms with E-state index in [4.69, 9.17) is 4.74 Å². The molecule has 1 heterocycles. The summed E-state index contributed by atoms with van der Waals surface area (Å²) in [5.41, 5.74) is 2.72. The fraction of sp³-hybridized carbons (Fsp3) is 0.500. The van der Waals surface area contributed by atoms with E-state index in [1.807, 2.05) is 12.1 Å². The summed E-state index contributed by atoms with van der Waals surface area (Å²) in [5, 5.41) is 0. The Morgan fingerprint density at radius 1 is 0.921 bits per heavy atom. The molecule has 2 fully saturated rings. The van der Waals surface area contributed by atoms with Crippen LogP contribution in [0.3, 0.4) is 0 Å². The van der Waals surface area contributed by atoms with Gasteiger partial charge in [-0.15, -0.1) is 0 Å². The van der Waals surface area contributed by atoms with E-state index < -0.39 is 8.07 Å². The van der Waals surface area contributed by atoms with Gasteiger partial charge < -0.3 is 4.74 Å². The molecule has 3 aliphatic rings. The average molecular weight is 535 g/mol. The molecule has 5 rings (SSSR count). The number of ether oxygens (including phenoxy) is 1. The first-order chi connectivity index (χ1) is 18.2. The Labute approximate surface area is 230 Å². The molecule has 38 heavy (non-hydrogen) atoms. The molecule has 0 radical (unpaired) electrons. The van der Waals surface area contributed by atoms with Gasteiger partial charge in [0.15, 0.2) is 5.78 Å². The van der Waals surface area contributed by atoms with Crippen LogP contribution in [0.5, 0.6) is 0 Å². The van der Waals surface area contributed by atoms with E-state index in [0.717, 1.165) is 58.6 Å². The highest BCUT2D eigenvalue weighted by Crippen LogP contribution is 2.35. The van der Waals surface area contributed by atoms with E-state index >= 15 is 0 Å². The van der Waals surface area contributed by atoms with Crippen molar-refractivity contribution in [1.82, 2.24) is 9.80 Å². The normalized spacial score (nSPS) is 20.7. The number of benzene rings is 2. The number of carbonyl (C=O) groups excluding carboxylic acids is 2. The Bertz CT molecular complexity index is 1020. The Morgan fingerprint density at radius 3 is 2.08 bits per heavy atom. The minimum absolute atomic E-state index is 0.273. The van der Waals surface area contributed by atoms with Crippen molar-refractivity contribution in [2.24, 2.45) is 11.8 Å². The topological polar surface area (TPSA) is 49.9 Å². The van der Waals surface area contributed by atoms with Gasteiger partial charge in [-0.3, -0.25) is 19.4 Å². The molecule has 0 unspecified atom stereocenters. The van der Waals surface area contributed by atoms with Gasteiger partial charge in [-0.25, -0.2) is 0 Å². The van der Waals surface area contributed by atoms with Crippen molar-refractivity contribution in [3.8, 4) is 0 Å². The summed E-state index contributed by atoms with van der Waals surface area (Å²) < 4.78 is 5.27. The summed E-state index contributed by atoms with van der Waals surface area (Å²) in [7, 11) is 0.701. The van der Waals surface area contributed by atoms with E-state index in [1.165, 1.54) is 17.3 Å². The van der Waals surface area contributed by atoms with Crippen LogP contribution in [0.2, 0.25) is 19.6 Å². The highest BCUT2D eigenvalue weighted by molar-refractivity contribution is 6.76. The van der Waals surface area contributed by atoms with Crippen molar-refractivity contribution in [2.45, 2.75) is 58.4 Å². The van der Waals surface area contributed by atoms with Crippen LogP contribution in [-0.4, -0.2) is 62.5 Å². The van der Waals surface area contributed by atoms with E-state index in [2.05, 4.69) is 84.0 Å².